The second-order valence-electron chi connectivity index (χ2n) is 4.96. The van der Waals surface area contributed by atoms with Crippen LogP contribution in [-0.2, 0) is 0 Å². The van der Waals surface area contributed by atoms with Gasteiger partial charge in [0.25, 0.3) is 5.91 Å². The third kappa shape index (κ3) is 2.32. The summed E-state index contributed by atoms with van der Waals surface area (Å²) in [6, 6.07) is 7.65. The van der Waals surface area contributed by atoms with Crippen molar-refractivity contribution in [1.29, 1.82) is 5.26 Å². The lowest BCUT2D eigenvalue weighted by Gasteiger charge is -2.29. The zero-order chi connectivity index (χ0) is 13.9. The number of carbonyl (C=O) groups excluding carboxylic acids is 1. The number of hydrogen-bond acceptors (Lipinski definition) is 4. The predicted octanol–water partition coefficient (Wildman–Crippen LogP) is 2.01. The second-order valence-corrected chi connectivity index (χ2v) is 4.96. The summed E-state index contributed by atoms with van der Waals surface area (Å²) in [6.45, 7) is 1.30. The number of amides is 1. The molecule has 20 heavy (non-hydrogen) atoms. The minimum absolute atomic E-state index is 0.00828. The molecule has 1 aromatic carbocycles. The summed E-state index contributed by atoms with van der Waals surface area (Å²) in [7, 11) is 0. The molecular weight excluding hydrogens is 252 g/mol. The van der Waals surface area contributed by atoms with Crippen LogP contribution in [0.5, 0.6) is 0 Å². The van der Waals surface area contributed by atoms with E-state index in [4.69, 9.17) is 5.26 Å². The first kappa shape index (κ1) is 12.5. The number of carbonyl (C=O) groups is 1. The number of aromatic nitrogens is 2. The Morgan fingerprint density at radius 3 is 2.60 bits per heavy atom. The van der Waals surface area contributed by atoms with Crippen molar-refractivity contribution in [2.75, 3.05) is 13.1 Å². The highest BCUT2D eigenvalue weighted by molar-refractivity contribution is 5.97. The average Bonchev–Trinajstić information content (AvgIpc) is 2.54. The number of likely N-dealkylation sites (tertiary alicyclic amines) is 1. The zero-order valence-corrected chi connectivity index (χ0v) is 11.0. The van der Waals surface area contributed by atoms with Crippen LogP contribution >= 0.6 is 0 Å². The fourth-order valence-electron chi connectivity index (χ4n) is 2.49. The molecule has 1 amide bonds. The van der Waals surface area contributed by atoms with Gasteiger partial charge in [-0.25, -0.2) is 0 Å². The summed E-state index contributed by atoms with van der Waals surface area (Å²) in [5, 5.41) is 8.88. The molecule has 0 unspecified atom stereocenters. The van der Waals surface area contributed by atoms with Crippen molar-refractivity contribution >= 4 is 16.9 Å². The molecule has 0 atom stereocenters. The van der Waals surface area contributed by atoms with Gasteiger partial charge in [0.2, 0.25) is 0 Å². The van der Waals surface area contributed by atoms with Crippen LogP contribution in [0.2, 0.25) is 0 Å². The van der Waals surface area contributed by atoms with E-state index in [-0.39, 0.29) is 11.8 Å². The fraction of sp³-hybridized carbons (Fsp3) is 0.333. The third-order valence-electron chi connectivity index (χ3n) is 3.68. The highest BCUT2D eigenvalue weighted by Crippen LogP contribution is 2.19. The molecular formula is C15H14N4O. The Morgan fingerprint density at radius 1 is 1.20 bits per heavy atom. The Kier molecular flexibility index (Phi) is 3.30. The molecule has 0 spiro atoms. The third-order valence-corrected chi connectivity index (χ3v) is 3.68. The van der Waals surface area contributed by atoms with Crippen molar-refractivity contribution in [3.05, 3.63) is 36.2 Å². The van der Waals surface area contributed by atoms with Gasteiger partial charge >= 0.3 is 0 Å². The summed E-state index contributed by atoms with van der Waals surface area (Å²) in [5.41, 5.74) is 2.14. The summed E-state index contributed by atoms with van der Waals surface area (Å²) in [4.78, 5) is 22.7. The van der Waals surface area contributed by atoms with Gasteiger partial charge in [0.15, 0.2) is 0 Å². The Hall–Kier alpha value is -2.48. The van der Waals surface area contributed by atoms with Gasteiger partial charge in [0.05, 0.1) is 17.1 Å². The maximum absolute atomic E-state index is 12.4. The van der Waals surface area contributed by atoms with Crippen LogP contribution in [0.3, 0.4) is 0 Å². The Labute approximate surface area is 116 Å². The molecule has 3 rings (SSSR count). The number of benzene rings is 1. The fourth-order valence-corrected chi connectivity index (χ4v) is 2.49. The molecule has 100 valence electrons. The molecule has 1 aliphatic rings. The molecule has 2 aromatic rings. The van der Waals surface area contributed by atoms with E-state index in [1.54, 1.807) is 24.5 Å². The van der Waals surface area contributed by atoms with Crippen LogP contribution in [0, 0.1) is 17.2 Å². The number of fused-ring (bicyclic) bond motifs is 1. The Bertz CT molecular complexity index is 684. The van der Waals surface area contributed by atoms with Crippen molar-refractivity contribution in [2.24, 2.45) is 5.92 Å². The molecule has 0 aliphatic carbocycles. The van der Waals surface area contributed by atoms with E-state index in [1.165, 1.54) is 0 Å². The zero-order valence-electron chi connectivity index (χ0n) is 11.0. The van der Waals surface area contributed by atoms with Gasteiger partial charge in [0.1, 0.15) is 0 Å². The molecule has 0 radical (unpaired) electrons. The molecule has 1 fully saturated rings. The Morgan fingerprint density at radius 2 is 1.90 bits per heavy atom. The van der Waals surface area contributed by atoms with Gasteiger partial charge in [-0.05, 0) is 31.0 Å². The lowest BCUT2D eigenvalue weighted by molar-refractivity contribution is 0.0707. The number of piperidine rings is 1. The standard InChI is InChI=1S/C15H14N4O/c16-10-11-3-7-19(8-4-11)15(20)12-1-2-13-14(9-12)18-6-5-17-13/h1-2,5-6,9,11H,3-4,7-8H2. The van der Waals surface area contributed by atoms with Crippen molar-refractivity contribution in [1.82, 2.24) is 14.9 Å². The van der Waals surface area contributed by atoms with Gasteiger partial charge in [0, 0.05) is 37.0 Å². The van der Waals surface area contributed by atoms with E-state index in [2.05, 4.69) is 16.0 Å². The van der Waals surface area contributed by atoms with Crippen LogP contribution in [0.1, 0.15) is 23.2 Å². The van der Waals surface area contributed by atoms with Crippen LogP contribution in [-0.4, -0.2) is 33.9 Å². The van der Waals surface area contributed by atoms with E-state index in [1.807, 2.05) is 11.0 Å². The molecule has 1 saturated heterocycles. The molecule has 5 nitrogen and oxygen atoms in total. The molecule has 1 aromatic heterocycles. The molecule has 5 heteroatoms. The van der Waals surface area contributed by atoms with E-state index in [0.717, 1.165) is 23.9 Å². The first-order valence-corrected chi connectivity index (χ1v) is 6.67. The number of nitriles is 1. The van der Waals surface area contributed by atoms with E-state index >= 15 is 0 Å². The monoisotopic (exact) mass is 266 g/mol. The lowest BCUT2D eigenvalue weighted by atomic mass is 9.98. The van der Waals surface area contributed by atoms with Crippen molar-refractivity contribution < 1.29 is 4.79 Å². The second kappa shape index (κ2) is 5.25. The molecule has 1 aliphatic heterocycles. The van der Waals surface area contributed by atoms with Crippen LogP contribution in [0.4, 0.5) is 0 Å². The SMILES string of the molecule is N#CC1CCN(C(=O)c2ccc3nccnc3c2)CC1. The summed E-state index contributed by atoms with van der Waals surface area (Å²) in [5.74, 6) is 0.0930. The van der Waals surface area contributed by atoms with Crippen LogP contribution in [0.15, 0.2) is 30.6 Å². The first-order valence-electron chi connectivity index (χ1n) is 6.67. The minimum atomic E-state index is 0.00828. The largest absolute Gasteiger partial charge is 0.339 e. The molecule has 0 bridgehead atoms. The lowest BCUT2D eigenvalue weighted by Crippen LogP contribution is -2.38. The summed E-state index contributed by atoms with van der Waals surface area (Å²) in [6.07, 6.45) is 4.77. The number of nitrogens with zero attached hydrogens (tertiary/aromatic N) is 4. The number of rotatable bonds is 1. The Balaban J connectivity index is 1.81. The van der Waals surface area contributed by atoms with E-state index in [0.29, 0.717) is 18.7 Å². The van der Waals surface area contributed by atoms with E-state index < -0.39 is 0 Å². The quantitative estimate of drug-likeness (QED) is 0.791. The first-order chi connectivity index (χ1) is 9.78. The highest BCUT2D eigenvalue weighted by atomic mass is 16.2. The maximum Gasteiger partial charge on any atom is 0.253 e. The smallest absolute Gasteiger partial charge is 0.253 e. The van der Waals surface area contributed by atoms with Gasteiger partial charge in [-0.3, -0.25) is 14.8 Å². The van der Waals surface area contributed by atoms with Crippen molar-refractivity contribution in [2.45, 2.75) is 12.8 Å². The van der Waals surface area contributed by atoms with E-state index in [9.17, 15) is 4.79 Å². The highest BCUT2D eigenvalue weighted by Gasteiger charge is 2.23. The summed E-state index contributed by atoms with van der Waals surface area (Å²) < 4.78 is 0. The van der Waals surface area contributed by atoms with Gasteiger partial charge < -0.3 is 4.90 Å². The predicted molar refractivity (Wildman–Crippen MR) is 73.8 cm³/mol. The van der Waals surface area contributed by atoms with Crippen LogP contribution < -0.4 is 0 Å². The molecule has 0 saturated carbocycles. The topological polar surface area (TPSA) is 69.9 Å². The molecule has 2 heterocycles. The average molecular weight is 266 g/mol. The van der Waals surface area contributed by atoms with Crippen molar-refractivity contribution in [3.63, 3.8) is 0 Å². The van der Waals surface area contributed by atoms with Gasteiger partial charge in [-0.2, -0.15) is 5.26 Å². The van der Waals surface area contributed by atoms with Gasteiger partial charge in [-0.15, -0.1) is 0 Å². The van der Waals surface area contributed by atoms with Crippen LogP contribution in [0.25, 0.3) is 11.0 Å². The summed E-state index contributed by atoms with van der Waals surface area (Å²) >= 11 is 0. The van der Waals surface area contributed by atoms with Crippen molar-refractivity contribution in [3.8, 4) is 6.07 Å². The van der Waals surface area contributed by atoms with Gasteiger partial charge in [-0.1, -0.05) is 0 Å². The molecule has 0 N–H and O–H groups in total. The normalized spacial score (nSPS) is 16.1. The minimum Gasteiger partial charge on any atom is -0.339 e. The maximum atomic E-state index is 12.4. The number of hydrogen-bond donors (Lipinski definition) is 0.